The third-order valence-corrected chi connectivity index (χ3v) is 5.94. The van der Waals surface area contributed by atoms with Crippen molar-refractivity contribution in [2.24, 2.45) is 5.92 Å². The van der Waals surface area contributed by atoms with Crippen molar-refractivity contribution >= 4 is 11.8 Å². The van der Waals surface area contributed by atoms with Crippen LogP contribution in [0.5, 0.6) is 0 Å². The Bertz CT molecular complexity index is 679. The van der Waals surface area contributed by atoms with Crippen LogP contribution in [0.1, 0.15) is 93.0 Å². The number of ketones is 1. The van der Waals surface area contributed by atoms with Crippen molar-refractivity contribution in [1.29, 1.82) is 0 Å². The minimum Gasteiger partial charge on any atom is -0.469 e. The van der Waals surface area contributed by atoms with Gasteiger partial charge in [-0.15, -0.1) is 0 Å². The molecule has 1 N–H and O–H groups in total. The van der Waals surface area contributed by atoms with E-state index in [9.17, 15) is 14.7 Å². The summed E-state index contributed by atoms with van der Waals surface area (Å²) in [5, 5.41) is 10.3. The Balaban J connectivity index is 1.92. The SMILES string of the molecule is CCCCCC(O)CCC1c2ccccc2C(=O)C1C/C=C\CCCC(=O)OC. The predicted molar refractivity (Wildman–Crippen MR) is 116 cm³/mol. The zero-order valence-electron chi connectivity index (χ0n) is 17.9. The molecule has 1 aliphatic carbocycles. The number of hydrogen-bond acceptors (Lipinski definition) is 4. The average molecular weight is 401 g/mol. The normalized spacial score (nSPS) is 19.5. The van der Waals surface area contributed by atoms with Gasteiger partial charge in [0.25, 0.3) is 0 Å². The lowest BCUT2D eigenvalue weighted by molar-refractivity contribution is -0.140. The van der Waals surface area contributed by atoms with Crippen molar-refractivity contribution in [3.63, 3.8) is 0 Å². The molecule has 0 spiro atoms. The summed E-state index contributed by atoms with van der Waals surface area (Å²) in [5.41, 5.74) is 1.99. The largest absolute Gasteiger partial charge is 0.469 e. The van der Waals surface area contributed by atoms with Crippen LogP contribution in [0.3, 0.4) is 0 Å². The number of methoxy groups -OCH3 is 1. The third-order valence-electron chi connectivity index (χ3n) is 5.94. The van der Waals surface area contributed by atoms with Gasteiger partial charge in [-0.05, 0) is 50.0 Å². The maximum Gasteiger partial charge on any atom is 0.305 e. The van der Waals surface area contributed by atoms with E-state index in [2.05, 4.69) is 29.9 Å². The van der Waals surface area contributed by atoms with Crippen molar-refractivity contribution in [3.05, 3.63) is 47.5 Å². The third kappa shape index (κ3) is 7.11. The van der Waals surface area contributed by atoms with E-state index in [0.717, 1.165) is 62.5 Å². The van der Waals surface area contributed by atoms with Gasteiger partial charge in [-0.3, -0.25) is 9.59 Å². The summed E-state index contributed by atoms with van der Waals surface area (Å²) in [4.78, 5) is 24.1. The number of aliphatic hydroxyl groups excluding tert-OH is 1. The molecule has 3 atom stereocenters. The average Bonchev–Trinajstić information content (AvgIpc) is 3.00. The van der Waals surface area contributed by atoms with Crippen LogP contribution in [-0.4, -0.2) is 30.1 Å². The van der Waals surface area contributed by atoms with Crippen molar-refractivity contribution in [3.8, 4) is 0 Å². The molecule has 29 heavy (non-hydrogen) atoms. The molecule has 1 aliphatic rings. The fourth-order valence-electron chi connectivity index (χ4n) is 4.25. The first-order valence-electron chi connectivity index (χ1n) is 11.1. The monoisotopic (exact) mass is 400 g/mol. The van der Waals surface area contributed by atoms with E-state index in [0.29, 0.717) is 12.8 Å². The van der Waals surface area contributed by atoms with Crippen molar-refractivity contribution in [2.75, 3.05) is 7.11 Å². The first-order chi connectivity index (χ1) is 14.1. The van der Waals surface area contributed by atoms with Crippen LogP contribution < -0.4 is 0 Å². The standard InChI is InChI=1S/C25H36O4/c1-3-4-7-12-19(26)17-18-21-20-13-10-11-15-22(20)25(28)23(21)14-8-5-6-9-16-24(27)29-2/h5,8,10-11,13,15,19,21,23,26H,3-4,6-7,9,12,14,16-18H2,1-2H3/b8-5-. The molecule has 0 bridgehead atoms. The summed E-state index contributed by atoms with van der Waals surface area (Å²) in [6.07, 6.45) is 12.4. The highest BCUT2D eigenvalue weighted by Gasteiger charge is 2.38. The first-order valence-corrected chi connectivity index (χ1v) is 11.1. The zero-order chi connectivity index (χ0) is 21.1. The van der Waals surface area contributed by atoms with E-state index < -0.39 is 0 Å². The maximum absolute atomic E-state index is 13.0. The molecule has 0 heterocycles. The molecule has 0 saturated heterocycles. The van der Waals surface area contributed by atoms with E-state index in [1.54, 1.807) is 0 Å². The van der Waals surface area contributed by atoms with E-state index in [1.807, 2.05) is 18.2 Å². The number of carbonyl (C=O) groups excluding carboxylic acids is 2. The van der Waals surface area contributed by atoms with Gasteiger partial charge >= 0.3 is 5.97 Å². The number of rotatable bonds is 13. The topological polar surface area (TPSA) is 63.6 Å². The lowest BCUT2D eigenvalue weighted by Crippen LogP contribution is -2.16. The fourth-order valence-corrected chi connectivity index (χ4v) is 4.25. The van der Waals surface area contributed by atoms with Gasteiger partial charge in [0.1, 0.15) is 0 Å². The van der Waals surface area contributed by atoms with Gasteiger partial charge in [0.2, 0.25) is 0 Å². The Morgan fingerprint density at radius 3 is 2.69 bits per heavy atom. The molecule has 3 unspecified atom stereocenters. The molecule has 0 saturated carbocycles. The van der Waals surface area contributed by atoms with Crippen molar-refractivity contribution in [2.45, 2.75) is 83.2 Å². The van der Waals surface area contributed by atoms with Gasteiger partial charge in [-0.1, -0.05) is 62.6 Å². The first kappa shape index (κ1) is 23.3. The second-order valence-corrected chi connectivity index (χ2v) is 8.07. The van der Waals surface area contributed by atoms with Gasteiger partial charge in [0.15, 0.2) is 5.78 Å². The lowest BCUT2D eigenvalue weighted by atomic mass is 9.84. The molecule has 0 fully saturated rings. The van der Waals surface area contributed by atoms with Gasteiger partial charge < -0.3 is 9.84 Å². The van der Waals surface area contributed by atoms with Crippen LogP contribution in [0.15, 0.2) is 36.4 Å². The molecular formula is C25H36O4. The van der Waals surface area contributed by atoms with Gasteiger partial charge in [-0.25, -0.2) is 0 Å². The highest BCUT2D eigenvalue weighted by atomic mass is 16.5. The van der Waals surface area contributed by atoms with Crippen molar-refractivity contribution < 1.29 is 19.4 Å². The molecule has 0 aromatic heterocycles. The van der Waals surface area contributed by atoms with E-state index in [1.165, 1.54) is 7.11 Å². The Morgan fingerprint density at radius 2 is 1.93 bits per heavy atom. The van der Waals surface area contributed by atoms with Crippen LogP contribution in [0.2, 0.25) is 0 Å². The van der Waals surface area contributed by atoms with E-state index >= 15 is 0 Å². The Labute approximate surface area is 175 Å². The van der Waals surface area contributed by atoms with Crippen molar-refractivity contribution in [1.82, 2.24) is 0 Å². The molecule has 0 amide bonds. The summed E-state index contributed by atoms with van der Waals surface area (Å²) >= 11 is 0. The molecule has 1 aromatic carbocycles. The second-order valence-electron chi connectivity index (χ2n) is 8.07. The number of benzene rings is 1. The minimum absolute atomic E-state index is 0.0490. The number of aliphatic hydroxyl groups is 1. The molecule has 0 aliphatic heterocycles. The summed E-state index contributed by atoms with van der Waals surface area (Å²) < 4.78 is 4.65. The summed E-state index contributed by atoms with van der Waals surface area (Å²) in [6, 6.07) is 7.93. The van der Waals surface area contributed by atoms with Crippen LogP contribution in [0, 0.1) is 5.92 Å². The Hall–Kier alpha value is -1.94. The number of esters is 1. The van der Waals surface area contributed by atoms with Gasteiger partial charge in [0.05, 0.1) is 13.2 Å². The minimum atomic E-state index is -0.279. The Kier molecular flexibility index (Phi) is 10.1. The number of unbranched alkanes of at least 4 members (excludes halogenated alkanes) is 3. The number of Topliss-reactive ketones (excluding diaryl/α,β-unsaturated/α-hetero) is 1. The van der Waals surface area contributed by atoms with Crippen LogP contribution in [0.4, 0.5) is 0 Å². The van der Waals surface area contributed by atoms with Crippen LogP contribution >= 0.6 is 0 Å². The van der Waals surface area contributed by atoms with E-state index in [-0.39, 0.29) is 29.7 Å². The maximum atomic E-state index is 13.0. The number of allylic oxidation sites excluding steroid dienone is 2. The molecule has 4 heteroatoms. The van der Waals surface area contributed by atoms with Crippen LogP contribution in [-0.2, 0) is 9.53 Å². The number of carbonyl (C=O) groups is 2. The summed E-state index contributed by atoms with van der Waals surface area (Å²) in [7, 11) is 1.41. The van der Waals surface area contributed by atoms with E-state index in [4.69, 9.17) is 0 Å². The number of hydrogen-bond donors (Lipinski definition) is 1. The zero-order valence-corrected chi connectivity index (χ0v) is 17.9. The molecular weight excluding hydrogens is 364 g/mol. The van der Waals surface area contributed by atoms with Gasteiger partial charge in [0, 0.05) is 17.9 Å². The number of fused-ring (bicyclic) bond motifs is 1. The van der Waals surface area contributed by atoms with Crippen LogP contribution in [0.25, 0.3) is 0 Å². The molecule has 4 nitrogen and oxygen atoms in total. The lowest BCUT2D eigenvalue weighted by Gasteiger charge is -2.20. The molecule has 160 valence electrons. The molecule has 0 radical (unpaired) electrons. The highest BCUT2D eigenvalue weighted by molar-refractivity contribution is 6.03. The Morgan fingerprint density at radius 1 is 1.14 bits per heavy atom. The predicted octanol–water partition coefficient (Wildman–Crippen LogP) is 5.59. The summed E-state index contributed by atoms with van der Waals surface area (Å²) in [5.74, 6) is 0.175. The smallest absolute Gasteiger partial charge is 0.305 e. The second kappa shape index (κ2) is 12.6. The van der Waals surface area contributed by atoms with Gasteiger partial charge in [-0.2, -0.15) is 0 Å². The molecule has 1 aromatic rings. The summed E-state index contributed by atoms with van der Waals surface area (Å²) in [6.45, 7) is 2.17. The molecule has 2 rings (SSSR count). The highest BCUT2D eigenvalue weighted by Crippen LogP contribution is 2.43. The number of ether oxygens (including phenoxy) is 1. The fraction of sp³-hybridized carbons (Fsp3) is 0.600. The quantitative estimate of drug-likeness (QED) is 0.266.